The molecule has 1 aliphatic heterocycles. The number of nitrogens with one attached hydrogen (secondary N) is 2. The second kappa shape index (κ2) is 7.98. The van der Waals surface area contributed by atoms with Crippen molar-refractivity contribution in [2.24, 2.45) is 0 Å². The molecule has 2 heterocycles. The van der Waals surface area contributed by atoms with E-state index in [0.29, 0.717) is 23.9 Å². The first kappa shape index (κ1) is 16.5. The van der Waals surface area contributed by atoms with Crippen LogP contribution in [-0.4, -0.2) is 48.9 Å². The Morgan fingerprint density at radius 2 is 2.18 bits per heavy atom. The molecule has 1 aromatic rings. The Bertz CT molecular complexity index is 512. The summed E-state index contributed by atoms with van der Waals surface area (Å²) in [6.45, 7) is 6.52. The third-order valence-corrected chi connectivity index (χ3v) is 4.17. The molecule has 1 saturated heterocycles. The number of amides is 2. The second-order valence-corrected chi connectivity index (χ2v) is 5.80. The molecule has 0 saturated carbocycles. The predicted octanol–water partition coefficient (Wildman–Crippen LogP) is 1.31. The van der Waals surface area contributed by atoms with E-state index in [1.807, 2.05) is 0 Å². The van der Waals surface area contributed by atoms with Gasteiger partial charge in [0.25, 0.3) is 5.91 Å². The van der Waals surface area contributed by atoms with E-state index in [1.165, 1.54) is 25.5 Å². The summed E-state index contributed by atoms with van der Waals surface area (Å²) in [5.41, 5.74) is 0.468. The zero-order chi connectivity index (χ0) is 15.9. The lowest BCUT2D eigenvalue weighted by molar-refractivity contribution is -0.120. The molecule has 6 heteroatoms. The lowest BCUT2D eigenvalue weighted by atomic mass is 10.0. The fourth-order valence-corrected chi connectivity index (χ4v) is 2.77. The first-order chi connectivity index (χ1) is 10.6. The normalized spacial score (nSPS) is 18.9. The number of nitrogens with zero attached hydrogens (tertiary/aromatic N) is 1. The van der Waals surface area contributed by atoms with Gasteiger partial charge in [-0.2, -0.15) is 0 Å². The maximum atomic E-state index is 11.8. The number of likely N-dealkylation sites (tertiary alicyclic amines) is 1. The summed E-state index contributed by atoms with van der Waals surface area (Å²) >= 11 is 0. The molecule has 1 unspecified atom stereocenters. The fourth-order valence-electron chi connectivity index (χ4n) is 2.77. The van der Waals surface area contributed by atoms with Crippen LogP contribution in [-0.2, 0) is 4.79 Å². The van der Waals surface area contributed by atoms with Crippen molar-refractivity contribution in [2.75, 3.05) is 26.2 Å². The Morgan fingerprint density at radius 1 is 1.36 bits per heavy atom. The van der Waals surface area contributed by atoms with Crippen molar-refractivity contribution < 1.29 is 14.0 Å². The van der Waals surface area contributed by atoms with E-state index in [4.69, 9.17) is 4.42 Å². The first-order valence-corrected chi connectivity index (χ1v) is 7.91. The van der Waals surface area contributed by atoms with E-state index in [0.717, 1.165) is 13.1 Å². The molecule has 0 aromatic carbocycles. The zero-order valence-electron chi connectivity index (χ0n) is 13.4. The number of aryl methyl sites for hydroxylation is 1. The van der Waals surface area contributed by atoms with Crippen molar-refractivity contribution in [3.8, 4) is 0 Å². The van der Waals surface area contributed by atoms with Crippen LogP contribution in [0.4, 0.5) is 0 Å². The van der Waals surface area contributed by atoms with Gasteiger partial charge in [0, 0.05) is 19.1 Å². The summed E-state index contributed by atoms with van der Waals surface area (Å²) in [6.07, 6.45) is 5.22. The van der Waals surface area contributed by atoms with E-state index in [-0.39, 0.29) is 18.4 Å². The van der Waals surface area contributed by atoms with Crippen molar-refractivity contribution >= 4 is 11.8 Å². The van der Waals surface area contributed by atoms with Crippen LogP contribution in [0.3, 0.4) is 0 Å². The van der Waals surface area contributed by atoms with Crippen molar-refractivity contribution in [3.05, 3.63) is 23.7 Å². The van der Waals surface area contributed by atoms with Gasteiger partial charge in [-0.05, 0) is 39.3 Å². The Balaban J connectivity index is 1.64. The summed E-state index contributed by atoms with van der Waals surface area (Å²) < 4.78 is 5.07. The lowest BCUT2D eigenvalue weighted by Crippen LogP contribution is -2.44. The summed E-state index contributed by atoms with van der Waals surface area (Å²) in [4.78, 5) is 26.0. The maximum Gasteiger partial charge on any atom is 0.255 e. The quantitative estimate of drug-likeness (QED) is 0.831. The molecule has 0 aliphatic carbocycles. The molecule has 0 spiro atoms. The van der Waals surface area contributed by atoms with Gasteiger partial charge >= 0.3 is 0 Å². The SMILES string of the molecule is Cc1occc1C(=O)NCC(=O)NCCN1CCCCC1C. The van der Waals surface area contributed by atoms with Crippen LogP contribution < -0.4 is 10.6 Å². The highest BCUT2D eigenvalue weighted by Gasteiger charge is 2.17. The van der Waals surface area contributed by atoms with Gasteiger partial charge in [0.05, 0.1) is 18.4 Å². The van der Waals surface area contributed by atoms with E-state index in [1.54, 1.807) is 13.0 Å². The molecule has 122 valence electrons. The monoisotopic (exact) mass is 307 g/mol. The molecule has 2 amide bonds. The number of hydrogen-bond acceptors (Lipinski definition) is 4. The highest BCUT2D eigenvalue weighted by molar-refractivity contribution is 5.97. The second-order valence-electron chi connectivity index (χ2n) is 5.80. The summed E-state index contributed by atoms with van der Waals surface area (Å²) in [5, 5.41) is 5.45. The number of carbonyl (C=O) groups excluding carboxylic acids is 2. The minimum Gasteiger partial charge on any atom is -0.469 e. The minimum atomic E-state index is -0.286. The smallest absolute Gasteiger partial charge is 0.255 e. The number of rotatable bonds is 6. The predicted molar refractivity (Wildman–Crippen MR) is 83.7 cm³/mol. The maximum absolute atomic E-state index is 11.8. The Morgan fingerprint density at radius 3 is 2.86 bits per heavy atom. The first-order valence-electron chi connectivity index (χ1n) is 7.91. The summed E-state index contributed by atoms with van der Waals surface area (Å²) in [5.74, 6) is 0.0993. The highest BCUT2D eigenvalue weighted by atomic mass is 16.3. The number of furan rings is 1. The molecule has 6 nitrogen and oxygen atoms in total. The van der Waals surface area contributed by atoms with Gasteiger partial charge in [0.2, 0.25) is 5.91 Å². The fraction of sp³-hybridized carbons (Fsp3) is 0.625. The van der Waals surface area contributed by atoms with E-state index >= 15 is 0 Å². The van der Waals surface area contributed by atoms with E-state index in [2.05, 4.69) is 22.5 Å². The van der Waals surface area contributed by atoms with Crippen LogP contribution in [0.5, 0.6) is 0 Å². The summed E-state index contributed by atoms with van der Waals surface area (Å²) in [6, 6.07) is 2.19. The molecule has 0 radical (unpaired) electrons. The van der Waals surface area contributed by atoms with Crippen molar-refractivity contribution in [3.63, 3.8) is 0 Å². The zero-order valence-corrected chi connectivity index (χ0v) is 13.4. The number of hydrogen-bond donors (Lipinski definition) is 2. The topological polar surface area (TPSA) is 74.6 Å². The minimum absolute atomic E-state index is 0.0149. The molecule has 1 atom stereocenters. The van der Waals surface area contributed by atoms with Gasteiger partial charge in [-0.1, -0.05) is 6.42 Å². The summed E-state index contributed by atoms with van der Waals surface area (Å²) in [7, 11) is 0. The van der Waals surface area contributed by atoms with E-state index < -0.39 is 0 Å². The van der Waals surface area contributed by atoms with Gasteiger partial charge in [0.1, 0.15) is 5.76 Å². The van der Waals surface area contributed by atoms with Crippen LogP contribution in [0.1, 0.15) is 42.3 Å². The van der Waals surface area contributed by atoms with Crippen molar-refractivity contribution in [1.82, 2.24) is 15.5 Å². The number of piperidine rings is 1. The van der Waals surface area contributed by atoms with Crippen LogP contribution in [0, 0.1) is 6.92 Å². The molecule has 1 aromatic heterocycles. The van der Waals surface area contributed by atoms with Gasteiger partial charge < -0.3 is 15.1 Å². The molecular formula is C16H25N3O3. The Kier molecular flexibility index (Phi) is 6.00. The average Bonchev–Trinajstić information content (AvgIpc) is 2.93. The Labute approximate surface area is 131 Å². The highest BCUT2D eigenvalue weighted by Crippen LogP contribution is 2.15. The van der Waals surface area contributed by atoms with E-state index in [9.17, 15) is 9.59 Å². The molecule has 1 aliphatic rings. The lowest BCUT2D eigenvalue weighted by Gasteiger charge is -2.33. The van der Waals surface area contributed by atoms with Crippen LogP contribution in [0.2, 0.25) is 0 Å². The van der Waals surface area contributed by atoms with Gasteiger partial charge in [0.15, 0.2) is 0 Å². The number of carbonyl (C=O) groups is 2. The molecular weight excluding hydrogens is 282 g/mol. The van der Waals surface area contributed by atoms with Gasteiger partial charge in [-0.25, -0.2) is 0 Å². The third-order valence-electron chi connectivity index (χ3n) is 4.17. The van der Waals surface area contributed by atoms with Gasteiger partial charge in [-0.3, -0.25) is 14.5 Å². The average molecular weight is 307 g/mol. The molecule has 2 N–H and O–H groups in total. The standard InChI is InChI=1S/C16H25N3O3/c1-12-5-3-4-8-19(12)9-7-17-15(20)11-18-16(21)14-6-10-22-13(14)2/h6,10,12H,3-5,7-9,11H2,1-2H3,(H,17,20)(H,18,21). The third kappa shape index (κ3) is 4.59. The van der Waals surface area contributed by atoms with Crippen LogP contribution in [0.25, 0.3) is 0 Å². The largest absolute Gasteiger partial charge is 0.469 e. The van der Waals surface area contributed by atoms with Crippen LogP contribution >= 0.6 is 0 Å². The molecule has 22 heavy (non-hydrogen) atoms. The molecule has 1 fully saturated rings. The van der Waals surface area contributed by atoms with Gasteiger partial charge in [-0.15, -0.1) is 0 Å². The molecule has 0 bridgehead atoms. The molecule has 2 rings (SSSR count). The van der Waals surface area contributed by atoms with Crippen molar-refractivity contribution in [2.45, 2.75) is 39.2 Å². The van der Waals surface area contributed by atoms with Crippen LogP contribution in [0.15, 0.2) is 16.7 Å². The Hall–Kier alpha value is -1.82. The van der Waals surface area contributed by atoms with Crippen molar-refractivity contribution in [1.29, 1.82) is 0 Å².